The Hall–Kier alpha value is -2.45. The summed E-state index contributed by atoms with van der Waals surface area (Å²) in [5, 5.41) is 11.2. The second-order valence-electron chi connectivity index (χ2n) is 9.46. The van der Waals surface area contributed by atoms with Crippen LogP contribution < -0.4 is 0 Å². The Morgan fingerprint density at radius 3 is 2.68 bits per heavy atom. The van der Waals surface area contributed by atoms with Crippen molar-refractivity contribution < 1.29 is 36.9 Å². The summed E-state index contributed by atoms with van der Waals surface area (Å²) in [5.41, 5.74) is 2.26. The van der Waals surface area contributed by atoms with E-state index < -0.39 is 18.0 Å². The van der Waals surface area contributed by atoms with E-state index in [2.05, 4.69) is 19.1 Å². The van der Waals surface area contributed by atoms with Gasteiger partial charge in [0.05, 0.1) is 18.5 Å². The number of halogens is 3. The molecule has 34 heavy (non-hydrogen) atoms. The van der Waals surface area contributed by atoms with Crippen molar-refractivity contribution in [3.63, 3.8) is 0 Å². The number of aliphatic hydroxyl groups is 1. The predicted molar refractivity (Wildman–Crippen MR) is 117 cm³/mol. The predicted octanol–water partition coefficient (Wildman–Crippen LogP) is 5.68. The van der Waals surface area contributed by atoms with Crippen LogP contribution in [0.25, 0.3) is 0 Å². The maximum atomic E-state index is 13.0. The van der Waals surface area contributed by atoms with Crippen LogP contribution in [0.1, 0.15) is 44.1 Å². The Balaban J connectivity index is 1.32. The van der Waals surface area contributed by atoms with Crippen molar-refractivity contribution in [3.8, 4) is 0 Å². The minimum atomic E-state index is -4.50. The lowest BCUT2D eigenvalue weighted by atomic mass is 9.79. The second kappa shape index (κ2) is 9.30. The Bertz CT molecular complexity index is 1030. The Morgan fingerprint density at radius 1 is 1.12 bits per heavy atom. The van der Waals surface area contributed by atoms with Gasteiger partial charge in [0.2, 0.25) is 5.76 Å². The van der Waals surface area contributed by atoms with Gasteiger partial charge in [-0.05, 0) is 66.5 Å². The van der Waals surface area contributed by atoms with Gasteiger partial charge in [-0.2, -0.15) is 13.2 Å². The van der Waals surface area contributed by atoms with E-state index in [1.54, 1.807) is 0 Å². The van der Waals surface area contributed by atoms with Crippen molar-refractivity contribution in [2.45, 2.75) is 57.4 Å². The summed E-state index contributed by atoms with van der Waals surface area (Å²) in [5.74, 6) is 0.720. The number of ether oxygens (including phenoxy) is 3. The molecule has 5 atom stereocenters. The van der Waals surface area contributed by atoms with Gasteiger partial charge in [0.25, 0.3) is 0 Å². The van der Waals surface area contributed by atoms with E-state index in [0.717, 1.165) is 41.6 Å². The number of alkyl halides is 3. The van der Waals surface area contributed by atoms with E-state index >= 15 is 0 Å². The molecule has 1 saturated carbocycles. The zero-order valence-corrected chi connectivity index (χ0v) is 19.0. The summed E-state index contributed by atoms with van der Waals surface area (Å²) in [6.45, 7) is 2.66. The zero-order valence-electron chi connectivity index (χ0n) is 19.0. The van der Waals surface area contributed by atoms with Crippen molar-refractivity contribution >= 4 is 0 Å². The number of hydrogen-bond acceptors (Lipinski definition) is 5. The smallest absolute Gasteiger partial charge is 0.449 e. The van der Waals surface area contributed by atoms with Crippen molar-refractivity contribution in [3.05, 3.63) is 70.6 Å². The standard InChI is InChI=1S/C26H29F3O5/c1-15-16(10-18-7-9-25(34-18)26(27,28)29)11-22(30)21(20-5-3-2-4-19(15)20)13-31-17-6-8-23-24(12-17)33-14-32-23/h4-9,15-16,21-22,24,30H,2-3,10-14H2,1H3. The molecule has 1 saturated heterocycles. The van der Waals surface area contributed by atoms with Crippen LogP contribution in [-0.2, 0) is 26.8 Å². The molecular weight excluding hydrogens is 449 g/mol. The van der Waals surface area contributed by atoms with Crippen LogP contribution in [-0.4, -0.2) is 30.7 Å². The summed E-state index contributed by atoms with van der Waals surface area (Å²) in [4.78, 5) is 0. The van der Waals surface area contributed by atoms with Gasteiger partial charge in [-0.1, -0.05) is 19.1 Å². The molecule has 1 aromatic heterocycles. The fraction of sp³-hybridized carbons (Fsp3) is 0.538. The maximum absolute atomic E-state index is 13.0. The molecule has 1 aromatic rings. The molecule has 184 valence electrons. The van der Waals surface area contributed by atoms with Crippen LogP contribution >= 0.6 is 0 Å². The van der Waals surface area contributed by atoms with Gasteiger partial charge in [0, 0.05) is 18.8 Å². The summed E-state index contributed by atoms with van der Waals surface area (Å²) in [6, 6.07) is 2.37. The molecule has 4 aliphatic rings. The fourth-order valence-electron chi connectivity index (χ4n) is 5.43. The van der Waals surface area contributed by atoms with E-state index in [0.29, 0.717) is 31.6 Å². The summed E-state index contributed by atoms with van der Waals surface area (Å²) < 4.78 is 61.1. The quantitative estimate of drug-likeness (QED) is 0.590. The number of furan rings is 1. The highest BCUT2D eigenvalue weighted by Crippen LogP contribution is 2.44. The van der Waals surface area contributed by atoms with Crippen LogP contribution in [0, 0.1) is 17.8 Å². The van der Waals surface area contributed by atoms with Gasteiger partial charge < -0.3 is 23.7 Å². The fourth-order valence-corrected chi connectivity index (χ4v) is 5.43. The Labute approximate surface area is 196 Å². The van der Waals surface area contributed by atoms with Crippen molar-refractivity contribution in [1.82, 2.24) is 0 Å². The average molecular weight is 479 g/mol. The molecule has 2 fully saturated rings. The Morgan fingerprint density at radius 2 is 1.91 bits per heavy atom. The number of hydrogen-bond donors (Lipinski definition) is 1. The first-order chi connectivity index (χ1) is 16.3. The molecule has 3 aliphatic carbocycles. The minimum Gasteiger partial charge on any atom is -0.497 e. The largest absolute Gasteiger partial charge is 0.497 e. The van der Waals surface area contributed by atoms with Crippen LogP contribution in [0.2, 0.25) is 0 Å². The first-order valence-electron chi connectivity index (χ1n) is 11.8. The summed E-state index contributed by atoms with van der Waals surface area (Å²) in [6.07, 6.45) is 6.03. The lowest BCUT2D eigenvalue weighted by Crippen LogP contribution is -2.28. The van der Waals surface area contributed by atoms with E-state index in [1.807, 2.05) is 12.2 Å². The van der Waals surface area contributed by atoms with Gasteiger partial charge in [-0.25, -0.2) is 0 Å². The van der Waals surface area contributed by atoms with E-state index in [-0.39, 0.29) is 30.7 Å². The van der Waals surface area contributed by atoms with E-state index in [4.69, 9.17) is 18.6 Å². The highest BCUT2D eigenvalue weighted by Gasteiger charge is 2.39. The molecule has 5 unspecified atom stereocenters. The number of rotatable bonds is 5. The monoisotopic (exact) mass is 478 g/mol. The molecule has 0 aromatic carbocycles. The molecule has 2 heterocycles. The van der Waals surface area contributed by atoms with Crippen molar-refractivity contribution in [2.24, 2.45) is 17.8 Å². The van der Waals surface area contributed by atoms with Crippen molar-refractivity contribution in [2.75, 3.05) is 13.4 Å². The summed E-state index contributed by atoms with van der Waals surface area (Å²) >= 11 is 0. The molecule has 1 N–H and O–H groups in total. The first-order valence-corrected chi connectivity index (χ1v) is 11.8. The first kappa shape index (κ1) is 23.3. The lowest BCUT2D eigenvalue weighted by molar-refractivity contribution is -0.153. The van der Waals surface area contributed by atoms with E-state index in [1.165, 1.54) is 6.07 Å². The van der Waals surface area contributed by atoms with Crippen LogP contribution in [0.4, 0.5) is 13.2 Å². The van der Waals surface area contributed by atoms with Gasteiger partial charge >= 0.3 is 6.18 Å². The van der Waals surface area contributed by atoms with Gasteiger partial charge in [0.1, 0.15) is 17.6 Å². The third-order valence-corrected chi connectivity index (χ3v) is 7.32. The SMILES string of the molecule is CC1C2=CCCC=C2C(COC2=CC=C3OCOC3C2)C(O)CC1Cc1ccc(C(F)(F)F)o1. The number of fused-ring (bicyclic) bond motifs is 2. The molecule has 0 bridgehead atoms. The van der Waals surface area contributed by atoms with Crippen molar-refractivity contribution in [1.29, 1.82) is 0 Å². The number of allylic oxidation sites excluding steroid dienone is 5. The normalized spacial score (nSPS) is 31.3. The molecule has 5 rings (SSSR count). The maximum Gasteiger partial charge on any atom is 0.449 e. The molecule has 5 nitrogen and oxygen atoms in total. The van der Waals surface area contributed by atoms with E-state index in [9.17, 15) is 18.3 Å². The third-order valence-electron chi connectivity index (χ3n) is 7.32. The molecule has 0 radical (unpaired) electrons. The summed E-state index contributed by atoms with van der Waals surface area (Å²) in [7, 11) is 0. The Kier molecular flexibility index (Phi) is 6.37. The third kappa shape index (κ3) is 4.70. The molecule has 1 aliphatic heterocycles. The molecule has 8 heteroatoms. The van der Waals surface area contributed by atoms with Crippen LogP contribution in [0.5, 0.6) is 0 Å². The van der Waals surface area contributed by atoms with Gasteiger partial charge in [-0.15, -0.1) is 0 Å². The highest BCUT2D eigenvalue weighted by atomic mass is 19.4. The minimum absolute atomic E-state index is 0.0524. The molecular formula is C26H29F3O5. The van der Waals surface area contributed by atoms with Gasteiger partial charge in [-0.3, -0.25) is 0 Å². The highest BCUT2D eigenvalue weighted by molar-refractivity contribution is 5.40. The van der Waals surface area contributed by atoms with Gasteiger partial charge in [0.15, 0.2) is 6.79 Å². The lowest BCUT2D eigenvalue weighted by Gasteiger charge is -2.28. The van der Waals surface area contributed by atoms with Crippen LogP contribution in [0.15, 0.2) is 63.5 Å². The average Bonchev–Trinajstić information content (AvgIpc) is 3.46. The number of aliphatic hydroxyl groups excluding tert-OH is 1. The van der Waals surface area contributed by atoms with Crippen LogP contribution in [0.3, 0.4) is 0 Å². The molecule has 0 spiro atoms. The topological polar surface area (TPSA) is 61.1 Å². The zero-order chi connectivity index (χ0) is 23.9. The molecule has 0 amide bonds. The second-order valence-corrected chi connectivity index (χ2v) is 9.46.